The van der Waals surface area contributed by atoms with Crippen LogP contribution in [0.3, 0.4) is 0 Å². The van der Waals surface area contributed by atoms with Crippen molar-refractivity contribution in [2.45, 2.75) is 6.04 Å². The van der Waals surface area contributed by atoms with Gasteiger partial charge in [0.05, 0.1) is 5.02 Å². The maximum atomic E-state index is 12.7. The molecule has 6 heteroatoms. The van der Waals surface area contributed by atoms with Crippen LogP contribution in [0.5, 0.6) is 5.75 Å². The number of halogens is 2. The van der Waals surface area contributed by atoms with E-state index in [2.05, 4.69) is 0 Å². The summed E-state index contributed by atoms with van der Waals surface area (Å²) in [6.45, 7) is 0. The van der Waals surface area contributed by atoms with Gasteiger partial charge in [0, 0.05) is 11.6 Å². The van der Waals surface area contributed by atoms with Gasteiger partial charge in [-0.15, -0.1) is 0 Å². The van der Waals surface area contributed by atoms with Crippen molar-refractivity contribution in [3.63, 3.8) is 0 Å². The highest BCUT2D eigenvalue weighted by Crippen LogP contribution is 2.28. The molecule has 14 heavy (non-hydrogen) atoms. The molecule has 1 rings (SSSR count). The van der Waals surface area contributed by atoms with Crippen LogP contribution >= 0.6 is 11.6 Å². The third-order valence-electron chi connectivity index (χ3n) is 1.67. The van der Waals surface area contributed by atoms with Gasteiger partial charge >= 0.3 is 5.97 Å². The summed E-state index contributed by atoms with van der Waals surface area (Å²) >= 11 is 5.40. The molecule has 0 heterocycles. The standard InChI is InChI=1S/C8H7ClFNO3/c9-4-1-3(7(11)8(13)14)6(12)2-5(4)10/h1-2,7,12H,11H2,(H,13,14). The zero-order chi connectivity index (χ0) is 10.9. The van der Waals surface area contributed by atoms with Crippen molar-refractivity contribution < 1.29 is 19.4 Å². The molecule has 0 amide bonds. The molecule has 0 radical (unpaired) electrons. The monoisotopic (exact) mass is 219 g/mol. The first-order chi connectivity index (χ1) is 6.43. The number of hydrogen-bond donors (Lipinski definition) is 3. The van der Waals surface area contributed by atoms with Gasteiger partial charge in [0.25, 0.3) is 0 Å². The predicted molar refractivity (Wildman–Crippen MR) is 47.6 cm³/mol. The molecule has 0 aromatic heterocycles. The highest BCUT2D eigenvalue weighted by atomic mass is 35.5. The molecule has 0 aliphatic heterocycles. The Morgan fingerprint density at radius 3 is 2.64 bits per heavy atom. The zero-order valence-electron chi connectivity index (χ0n) is 6.87. The number of carboxylic acid groups (broad SMARTS) is 1. The molecular weight excluding hydrogens is 213 g/mol. The Balaban J connectivity index is 3.22. The molecule has 1 atom stereocenters. The Labute approximate surface area is 83.7 Å². The van der Waals surface area contributed by atoms with Crippen LogP contribution in [-0.4, -0.2) is 16.2 Å². The molecule has 1 aromatic carbocycles. The zero-order valence-corrected chi connectivity index (χ0v) is 7.62. The minimum Gasteiger partial charge on any atom is -0.507 e. The lowest BCUT2D eigenvalue weighted by atomic mass is 10.1. The fourth-order valence-corrected chi connectivity index (χ4v) is 1.11. The Morgan fingerprint density at radius 1 is 1.57 bits per heavy atom. The first-order valence-electron chi connectivity index (χ1n) is 3.59. The van der Waals surface area contributed by atoms with Crippen LogP contribution in [-0.2, 0) is 4.79 Å². The van der Waals surface area contributed by atoms with Gasteiger partial charge in [0.1, 0.15) is 17.6 Å². The van der Waals surface area contributed by atoms with E-state index in [1.807, 2.05) is 0 Å². The third kappa shape index (κ3) is 1.94. The van der Waals surface area contributed by atoms with E-state index in [1.54, 1.807) is 0 Å². The number of aliphatic carboxylic acids is 1. The molecule has 0 aliphatic carbocycles. The molecule has 0 bridgehead atoms. The van der Waals surface area contributed by atoms with Crippen molar-refractivity contribution >= 4 is 17.6 Å². The summed E-state index contributed by atoms with van der Waals surface area (Å²) in [7, 11) is 0. The van der Waals surface area contributed by atoms with E-state index in [-0.39, 0.29) is 10.6 Å². The average Bonchev–Trinajstić information content (AvgIpc) is 2.10. The maximum Gasteiger partial charge on any atom is 0.325 e. The van der Waals surface area contributed by atoms with E-state index in [0.29, 0.717) is 0 Å². The van der Waals surface area contributed by atoms with Crippen LogP contribution < -0.4 is 5.73 Å². The van der Waals surface area contributed by atoms with E-state index >= 15 is 0 Å². The molecule has 4 nitrogen and oxygen atoms in total. The lowest BCUT2D eigenvalue weighted by Gasteiger charge is -2.09. The van der Waals surface area contributed by atoms with Gasteiger partial charge in [-0.25, -0.2) is 4.39 Å². The molecule has 0 spiro atoms. The van der Waals surface area contributed by atoms with Crippen molar-refractivity contribution in [3.8, 4) is 5.75 Å². The average molecular weight is 220 g/mol. The summed E-state index contributed by atoms with van der Waals surface area (Å²) in [4.78, 5) is 10.5. The summed E-state index contributed by atoms with van der Waals surface area (Å²) in [6, 6.07) is 0.291. The first-order valence-corrected chi connectivity index (χ1v) is 3.97. The van der Waals surface area contributed by atoms with E-state index in [9.17, 15) is 14.3 Å². The number of carboxylic acids is 1. The van der Waals surface area contributed by atoms with Gasteiger partial charge < -0.3 is 15.9 Å². The van der Waals surface area contributed by atoms with Crippen LogP contribution in [0, 0.1) is 5.82 Å². The smallest absolute Gasteiger partial charge is 0.325 e. The quantitative estimate of drug-likeness (QED) is 0.699. The summed E-state index contributed by atoms with van der Waals surface area (Å²) in [6.07, 6.45) is 0. The molecule has 1 aromatic rings. The van der Waals surface area contributed by atoms with Gasteiger partial charge in [-0.1, -0.05) is 11.6 Å². The SMILES string of the molecule is NC(C(=O)O)c1cc(Cl)c(F)cc1O. The summed E-state index contributed by atoms with van der Waals surface area (Å²) in [5, 5.41) is 17.5. The lowest BCUT2D eigenvalue weighted by Crippen LogP contribution is -2.20. The van der Waals surface area contributed by atoms with Gasteiger partial charge in [-0.3, -0.25) is 4.79 Å². The van der Waals surface area contributed by atoms with Crippen molar-refractivity contribution in [2.24, 2.45) is 5.73 Å². The lowest BCUT2D eigenvalue weighted by molar-refractivity contribution is -0.138. The maximum absolute atomic E-state index is 12.7. The first kappa shape index (κ1) is 10.7. The second-order valence-electron chi connectivity index (χ2n) is 2.64. The highest BCUT2D eigenvalue weighted by Gasteiger charge is 2.19. The van der Waals surface area contributed by atoms with E-state index in [0.717, 1.165) is 12.1 Å². The molecule has 1 unspecified atom stereocenters. The van der Waals surface area contributed by atoms with E-state index in [4.69, 9.17) is 22.4 Å². The Kier molecular flexibility index (Phi) is 2.93. The molecule has 0 saturated carbocycles. The minimum absolute atomic E-state index is 0.121. The normalized spacial score (nSPS) is 12.5. The molecular formula is C8H7ClFNO3. The topological polar surface area (TPSA) is 83.6 Å². The molecule has 0 fully saturated rings. The summed E-state index contributed by atoms with van der Waals surface area (Å²) in [5.74, 6) is -2.68. The Bertz CT molecular complexity index is 383. The number of carbonyl (C=O) groups is 1. The highest BCUT2D eigenvalue weighted by molar-refractivity contribution is 6.30. The van der Waals surface area contributed by atoms with Crippen molar-refractivity contribution in [1.82, 2.24) is 0 Å². The fourth-order valence-electron chi connectivity index (χ4n) is 0.934. The number of benzene rings is 1. The number of aromatic hydroxyl groups is 1. The fraction of sp³-hybridized carbons (Fsp3) is 0.125. The largest absolute Gasteiger partial charge is 0.507 e. The van der Waals surface area contributed by atoms with Crippen molar-refractivity contribution in [3.05, 3.63) is 28.5 Å². The van der Waals surface area contributed by atoms with Crippen molar-refractivity contribution in [2.75, 3.05) is 0 Å². The number of nitrogens with two attached hydrogens (primary N) is 1. The second kappa shape index (κ2) is 3.81. The van der Waals surface area contributed by atoms with Crippen LogP contribution in [0.25, 0.3) is 0 Å². The van der Waals surface area contributed by atoms with Gasteiger partial charge in [0.15, 0.2) is 0 Å². The summed E-state index contributed by atoms with van der Waals surface area (Å²) < 4.78 is 12.7. The number of phenols is 1. The van der Waals surface area contributed by atoms with Gasteiger partial charge in [-0.2, -0.15) is 0 Å². The molecule has 0 aliphatic rings. The van der Waals surface area contributed by atoms with E-state index < -0.39 is 23.6 Å². The van der Waals surface area contributed by atoms with Crippen LogP contribution in [0.2, 0.25) is 5.02 Å². The number of rotatable bonds is 2. The Hall–Kier alpha value is -1.33. The minimum atomic E-state index is -1.42. The molecule has 0 saturated heterocycles. The second-order valence-corrected chi connectivity index (χ2v) is 3.05. The number of hydrogen-bond acceptors (Lipinski definition) is 3. The van der Waals surface area contributed by atoms with E-state index in [1.165, 1.54) is 0 Å². The van der Waals surface area contributed by atoms with Crippen molar-refractivity contribution in [1.29, 1.82) is 0 Å². The molecule has 76 valence electrons. The van der Waals surface area contributed by atoms with Crippen LogP contribution in [0.15, 0.2) is 12.1 Å². The molecule has 4 N–H and O–H groups in total. The van der Waals surface area contributed by atoms with Crippen LogP contribution in [0.1, 0.15) is 11.6 Å². The Morgan fingerprint density at radius 2 is 2.14 bits per heavy atom. The third-order valence-corrected chi connectivity index (χ3v) is 1.96. The van der Waals surface area contributed by atoms with Gasteiger partial charge in [0.2, 0.25) is 0 Å². The number of phenolic OH excluding ortho intramolecular Hbond substituents is 1. The van der Waals surface area contributed by atoms with Gasteiger partial charge in [-0.05, 0) is 6.07 Å². The van der Waals surface area contributed by atoms with Crippen LogP contribution in [0.4, 0.5) is 4.39 Å². The predicted octanol–water partition coefficient (Wildman–Crippen LogP) is 1.27. The summed E-state index contributed by atoms with van der Waals surface area (Å²) in [5.41, 5.74) is 5.10.